The summed E-state index contributed by atoms with van der Waals surface area (Å²) in [5.74, 6) is -1.14. The van der Waals surface area contributed by atoms with E-state index in [0.29, 0.717) is 11.4 Å². The van der Waals surface area contributed by atoms with Gasteiger partial charge in [0.1, 0.15) is 5.82 Å². The first-order valence-corrected chi connectivity index (χ1v) is 10.5. The van der Waals surface area contributed by atoms with Crippen LogP contribution in [0, 0.1) is 5.82 Å². The molecule has 176 valence electrons. The van der Waals surface area contributed by atoms with Gasteiger partial charge in [-0.15, -0.1) is 0 Å². The van der Waals surface area contributed by atoms with Crippen LogP contribution in [-0.4, -0.2) is 27.1 Å². The molecule has 0 radical (unpaired) electrons. The summed E-state index contributed by atoms with van der Waals surface area (Å²) >= 11 is 0. The maximum atomic E-state index is 13.3. The van der Waals surface area contributed by atoms with Gasteiger partial charge in [0.25, 0.3) is 5.91 Å². The van der Waals surface area contributed by atoms with Crippen LogP contribution in [0.25, 0.3) is 10.9 Å². The zero-order chi connectivity index (χ0) is 24.5. The van der Waals surface area contributed by atoms with Crippen molar-refractivity contribution in [2.75, 3.05) is 11.4 Å². The molecular formula is C25H21F4N3O2. The lowest BCUT2D eigenvalue weighted by atomic mass is 10.1. The molecule has 0 fully saturated rings. The molecule has 1 atom stereocenters. The van der Waals surface area contributed by atoms with Gasteiger partial charge in [0.15, 0.2) is 6.10 Å². The summed E-state index contributed by atoms with van der Waals surface area (Å²) in [6.45, 7) is 0.0609. The van der Waals surface area contributed by atoms with Gasteiger partial charge in [-0.25, -0.2) is 4.39 Å². The Morgan fingerprint density at radius 1 is 1.09 bits per heavy atom. The Hall–Kier alpha value is -3.72. The van der Waals surface area contributed by atoms with Crippen LogP contribution in [0.4, 0.5) is 23.2 Å². The Morgan fingerprint density at radius 2 is 1.82 bits per heavy atom. The van der Waals surface area contributed by atoms with Crippen LogP contribution in [0.3, 0.4) is 0 Å². The number of nitrogens with zero attached hydrogens (tertiary/aromatic N) is 3. The van der Waals surface area contributed by atoms with E-state index in [1.54, 1.807) is 12.1 Å². The van der Waals surface area contributed by atoms with Gasteiger partial charge in [-0.2, -0.15) is 13.2 Å². The number of anilines is 1. The lowest BCUT2D eigenvalue weighted by molar-refractivity contribution is -0.137. The smallest absolute Gasteiger partial charge is 0.378 e. The standard InChI is InChI=1S/C25H21F4N3O2/c1-31-12-10-16-4-9-21(14-22(16)31)32(24(34)23(33)17-2-6-19(26)7-3-17)13-11-20-8-5-18(15-30-20)25(27,28)29/h2-10,12,14-15,23,33H,11,13H2,1H3/t23-/m1/s1. The number of pyridine rings is 1. The maximum Gasteiger partial charge on any atom is 0.417 e. The molecule has 2 aromatic carbocycles. The average Bonchev–Trinajstić information content (AvgIpc) is 3.19. The number of alkyl halides is 3. The number of carbonyl (C=O) groups excluding carboxylic acids is 1. The van der Waals surface area contributed by atoms with Crippen LogP contribution in [0.2, 0.25) is 0 Å². The number of aliphatic hydroxyl groups excluding tert-OH is 1. The normalized spacial score (nSPS) is 12.6. The Bertz CT molecular complexity index is 1300. The Balaban J connectivity index is 1.63. The number of amides is 1. The first-order chi connectivity index (χ1) is 16.1. The molecule has 5 nitrogen and oxygen atoms in total. The SMILES string of the molecule is Cn1ccc2ccc(N(CCc3ccc(C(F)(F)F)cn3)C(=O)[C@H](O)c3ccc(F)cc3)cc21. The molecule has 1 amide bonds. The first-order valence-electron chi connectivity index (χ1n) is 10.5. The molecule has 2 aromatic heterocycles. The Morgan fingerprint density at radius 3 is 2.47 bits per heavy atom. The molecule has 0 aliphatic carbocycles. The summed E-state index contributed by atoms with van der Waals surface area (Å²) in [5, 5.41) is 11.7. The summed E-state index contributed by atoms with van der Waals surface area (Å²) in [7, 11) is 1.86. The number of benzene rings is 2. The highest BCUT2D eigenvalue weighted by Gasteiger charge is 2.31. The second-order valence-electron chi connectivity index (χ2n) is 7.90. The monoisotopic (exact) mass is 471 g/mol. The van der Waals surface area contributed by atoms with Crippen molar-refractivity contribution in [3.8, 4) is 0 Å². The zero-order valence-electron chi connectivity index (χ0n) is 18.1. The molecule has 9 heteroatoms. The van der Waals surface area contributed by atoms with Gasteiger partial charge in [-0.3, -0.25) is 9.78 Å². The molecule has 34 heavy (non-hydrogen) atoms. The minimum absolute atomic E-state index is 0.0609. The van der Waals surface area contributed by atoms with Crippen LogP contribution in [-0.2, 0) is 24.4 Å². The molecule has 1 N–H and O–H groups in total. The van der Waals surface area contributed by atoms with Crippen LogP contribution < -0.4 is 4.90 Å². The quantitative estimate of drug-likeness (QED) is 0.401. The van der Waals surface area contributed by atoms with Crippen molar-refractivity contribution in [2.45, 2.75) is 18.7 Å². The number of aryl methyl sites for hydroxylation is 1. The molecule has 4 aromatic rings. The molecule has 0 saturated carbocycles. The van der Waals surface area contributed by atoms with Crippen molar-refractivity contribution in [3.05, 3.63) is 95.7 Å². The van der Waals surface area contributed by atoms with Crippen LogP contribution in [0.1, 0.15) is 22.9 Å². The predicted octanol–water partition coefficient (Wildman–Crippen LogP) is 5.04. The molecule has 4 rings (SSSR count). The molecule has 2 heterocycles. The van der Waals surface area contributed by atoms with Crippen LogP contribution >= 0.6 is 0 Å². The van der Waals surface area contributed by atoms with E-state index in [2.05, 4.69) is 4.98 Å². The van der Waals surface area contributed by atoms with Crippen molar-refractivity contribution < 1.29 is 27.5 Å². The van der Waals surface area contributed by atoms with Crippen LogP contribution in [0.5, 0.6) is 0 Å². The fourth-order valence-electron chi connectivity index (χ4n) is 3.69. The Labute approximate surface area is 192 Å². The van der Waals surface area contributed by atoms with Gasteiger partial charge in [0.2, 0.25) is 0 Å². The number of aliphatic hydroxyl groups is 1. The highest BCUT2D eigenvalue weighted by molar-refractivity contribution is 5.98. The van der Waals surface area contributed by atoms with Crippen molar-refractivity contribution in [3.63, 3.8) is 0 Å². The topological polar surface area (TPSA) is 58.4 Å². The Kier molecular flexibility index (Phi) is 6.39. The van der Waals surface area contributed by atoms with Crippen molar-refractivity contribution >= 4 is 22.5 Å². The van der Waals surface area contributed by atoms with Crippen LogP contribution in [0.15, 0.2) is 73.1 Å². The largest absolute Gasteiger partial charge is 0.417 e. The summed E-state index contributed by atoms with van der Waals surface area (Å²) in [6.07, 6.45) is -3.25. The fraction of sp³-hybridized carbons (Fsp3) is 0.200. The maximum absolute atomic E-state index is 13.3. The molecular weight excluding hydrogens is 450 g/mol. The third-order valence-electron chi connectivity index (χ3n) is 5.61. The molecule has 0 bridgehead atoms. The average molecular weight is 471 g/mol. The van der Waals surface area contributed by atoms with E-state index in [4.69, 9.17) is 0 Å². The van der Waals surface area contributed by atoms with E-state index in [1.165, 1.54) is 23.1 Å². The van der Waals surface area contributed by atoms with E-state index in [0.717, 1.165) is 35.3 Å². The number of hydrogen-bond acceptors (Lipinski definition) is 3. The molecule has 0 spiro atoms. The number of carbonyl (C=O) groups is 1. The highest BCUT2D eigenvalue weighted by Crippen LogP contribution is 2.29. The van der Waals surface area contributed by atoms with E-state index in [9.17, 15) is 27.5 Å². The summed E-state index contributed by atoms with van der Waals surface area (Å²) < 4.78 is 53.6. The first kappa shape index (κ1) is 23.4. The second kappa shape index (κ2) is 9.26. The molecule has 0 aliphatic rings. The molecule has 0 saturated heterocycles. The van der Waals surface area contributed by atoms with E-state index in [1.807, 2.05) is 29.9 Å². The summed E-state index contributed by atoms with van der Waals surface area (Å²) in [6, 6.07) is 14.5. The zero-order valence-corrected chi connectivity index (χ0v) is 18.1. The van der Waals surface area contributed by atoms with E-state index < -0.39 is 29.6 Å². The third-order valence-corrected chi connectivity index (χ3v) is 5.61. The minimum atomic E-state index is -4.49. The fourth-order valence-corrected chi connectivity index (χ4v) is 3.69. The van der Waals surface area contributed by atoms with Gasteiger partial charge in [0, 0.05) is 49.3 Å². The van der Waals surface area contributed by atoms with Crippen molar-refractivity contribution in [1.29, 1.82) is 0 Å². The van der Waals surface area contributed by atoms with Gasteiger partial charge in [-0.1, -0.05) is 18.2 Å². The highest BCUT2D eigenvalue weighted by atomic mass is 19.4. The lowest BCUT2D eigenvalue weighted by Crippen LogP contribution is -2.37. The van der Waals surface area contributed by atoms with Gasteiger partial charge < -0.3 is 14.6 Å². The molecule has 0 aliphatic heterocycles. The number of halogens is 4. The lowest BCUT2D eigenvalue weighted by Gasteiger charge is -2.26. The van der Waals surface area contributed by atoms with E-state index in [-0.39, 0.29) is 18.5 Å². The van der Waals surface area contributed by atoms with Gasteiger partial charge in [-0.05, 0) is 53.4 Å². The predicted molar refractivity (Wildman–Crippen MR) is 120 cm³/mol. The number of aromatic nitrogens is 2. The number of fused-ring (bicyclic) bond motifs is 1. The number of rotatable bonds is 6. The third kappa shape index (κ3) is 4.94. The summed E-state index contributed by atoms with van der Waals surface area (Å²) in [5.41, 5.74) is 1.10. The summed E-state index contributed by atoms with van der Waals surface area (Å²) in [4.78, 5) is 18.5. The van der Waals surface area contributed by atoms with E-state index >= 15 is 0 Å². The number of hydrogen-bond donors (Lipinski definition) is 1. The minimum Gasteiger partial charge on any atom is -0.378 e. The van der Waals surface area contributed by atoms with Gasteiger partial charge in [0.05, 0.1) is 5.56 Å². The molecule has 0 unspecified atom stereocenters. The van der Waals surface area contributed by atoms with Gasteiger partial charge >= 0.3 is 6.18 Å². The van der Waals surface area contributed by atoms with Crippen molar-refractivity contribution in [1.82, 2.24) is 9.55 Å². The van der Waals surface area contributed by atoms with Crippen molar-refractivity contribution in [2.24, 2.45) is 7.05 Å². The second-order valence-corrected chi connectivity index (χ2v) is 7.90.